The highest BCUT2D eigenvalue weighted by Gasteiger charge is 2.19. The molecule has 0 amide bonds. The van der Waals surface area contributed by atoms with Crippen LogP contribution in [-0.4, -0.2) is 44.9 Å². The van der Waals surface area contributed by atoms with Crippen molar-refractivity contribution in [3.8, 4) is 17.2 Å². The van der Waals surface area contributed by atoms with Gasteiger partial charge in [0.1, 0.15) is 0 Å². The molecule has 0 saturated carbocycles. The van der Waals surface area contributed by atoms with E-state index in [1.54, 1.807) is 19.4 Å². The number of hydrogen-bond acceptors (Lipinski definition) is 7. The lowest BCUT2D eigenvalue weighted by Crippen LogP contribution is -2.32. The molecule has 142 valence electrons. The van der Waals surface area contributed by atoms with Crippen molar-refractivity contribution in [3.63, 3.8) is 0 Å². The number of methoxy groups -OCH3 is 2. The van der Waals surface area contributed by atoms with E-state index in [0.717, 1.165) is 24.8 Å². The predicted molar refractivity (Wildman–Crippen MR) is 101 cm³/mol. The fraction of sp³-hybridized carbons (Fsp3) is 0.471. The fourth-order valence-electron chi connectivity index (χ4n) is 2.30. The maximum Gasteiger partial charge on any atom is 0.305 e. The van der Waals surface area contributed by atoms with E-state index in [1.807, 2.05) is 6.07 Å². The van der Waals surface area contributed by atoms with E-state index in [-0.39, 0.29) is 12.8 Å². The van der Waals surface area contributed by atoms with E-state index >= 15 is 0 Å². The Labute approximate surface area is 157 Å². The van der Waals surface area contributed by atoms with Gasteiger partial charge in [0.2, 0.25) is 12.5 Å². The number of thiocarbonyl (C=S) groups is 1. The number of fused-ring (bicyclic) bond motifs is 1. The lowest BCUT2D eigenvalue weighted by atomic mass is 10.2. The molecule has 26 heavy (non-hydrogen) atoms. The summed E-state index contributed by atoms with van der Waals surface area (Å²) >= 11 is 5.16. The first-order valence-electron chi connectivity index (χ1n) is 8.25. The number of hydrogen-bond donors (Lipinski definition) is 2. The highest BCUT2D eigenvalue weighted by atomic mass is 32.1. The second-order valence-corrected chi connectivity index (χ2v) is 5.88. The second kappa shape index (κ2) is 10.4. The van der Waals surface area contributed by atoms with Crippen LogP contribution in [0.5, 0.6) is 17.2 Å². The van der Waals surface area contributed by atoms with Crippen LogP contribution < -0.4 is 25.0 Å². The normalized spacial score (nSPS) is 12.1. The minimum Gasteiger partial charge on any atom is -0.493 e. The van der Waals surface area contributed by atoms with Gasteiger partial charge in [-0.15, -0.1) is 0 Å². The summed E-state index contributed by atoms with van der Waals surface area (Å²) in [7, 11) is 2.97. The van der Waals surface area contributed by atoms with Crippen molar-refractivity contribution in [3.05, 3.63) is 17.7 Å². The number of hydrazone groups is 1. The van der Waals surface area contributed by atoms with Crippen molar-refractivity contribution in [1.82, 2.24) is 10.7 Å². The first kappa shape index (κ1) is 19.8. The summed E-state index contributed by atoms with van der Waals surface area (Å²) in [6, 6.07) is 3.62. The van der Waals surface area contributed by atoms with Gasteiger partial charge in [0.15, 0.2) is 16.6 Å². The summed E-state index contributed by atoms with van der Waals surface area (Å²) in [4.78, 5) is 11.0. The van der Waals surface area contributed by atoms with Crippen LogP contribution in [0.1, 0.15) is 31.2 Å². The van der Waals surface area contributed by atoms with Crippen molar-refractivity contribution in [1.29, 1.82) is 0 Å². The van der Waals surface area contributed by atoms with Crippen LogP contribution in [-0.2, 0) is 9.53 Å². The zero-order valence-electron chi connectivity index (χ0n) is 14.9. The summed E-state index contributed by atoms with van der Waals surface area (Å²) in [5.41, 5.74) is 3.55. The molecule has 1 aromatic carbocycles. The van der Waals surface area contributed by atoms with Gasteiger partial charge in [0.25, 0.3) is 0 Å². The summed E-state index contributed by atoms with van der Waals surface area (Å²) in [6.45, 7) is 0.887. The maximum atomic E-state index is 11.0. The fourth-order valence-corrected chi connectivity index (χ4v) is 2.46. The Hall–Kier alpha value is -2.55. The van der Waals surface area contributed by atoms with E-state index in [9.17, 15) is 4.79 Å². The Morgan fingerprint density at radius 2 is 2.15 bits per heavy atom. The van der Waals surface area contributed by atoms with Gasteiger partial charge in [0, 0.05) is 18.5 Å². The molecule has 0 unspecified atom stereocenters. The molecule has 0 saturated heterocycles. The molecule has 1 aliphatic heterocycles. The maximum absolute atomic E-state index is 11.0. The van der Waals surface area contributed by atoms with Crippen molar-refractivity contribution >= 4 is 29.5 Å². The van der Waals surface area contributed by atoms with Crippen LogP contribution in [0.3, 0.4) is 0 Å². The van der Waals surface area contributed by atoms with Gasteiger partial charge in [-0.05, 0) is 37.2 Å². The number of esters is 1. The van der Waals surface area contributed by atoms with Crippen molar-refractivity contribution in [2.45, 2.75) is 25.7 Å². The summed E-state index contributed by atoms with van der Waals surface area (Å²) in [6.07, 6.45) is 4.70. The quantitative estimate of drug-likeness (QED) is 0.221. The number of nitrogens with zero attached hydrogens (tertiary/aromatic N) is 1. The van der Waals surface area contributed by atoms with Crippen molar-refractivity contribution < 1.29 is 23.7 Å². The number of nitrogens with one attached hydrogen (secondary N) is 2. The minimum absolute atomic E-state index is 0.176. The highest BCUT2D eigenvalue weighted by Crippen LogP contribution is 2.41. The minimum atomic E-state index is -0.176. The second-order valence-electron chi connectivity index (χ2n) is 5.47. The SMILES string of the molecule is COC(=O)CCCCCNC(=S)N/N=C\c1cc(OC)c2c(c1)OCO2. The Kier molecular flexibility index (Phi) is 7.94. The average molecular weight is 381 g/mol. The molecule has 0 bridgehead atoms. The van der Waals surface area contributed by atoms with Gasteiger partial charge in [-0.1, -0.05) is 6.42 Å². The summed E-state index contributed by atoms with van der Waals surface area (Å²) < 4.78 is 20.6. The predicted octanol–water partition coefficient (Wildman–Crippen LogP) is 1.96. The first-order chi connectivity index (χ1) is 12.6. The Morgan fingerprint density at radius 1 is 1.31 bits per heavy atom. The van der Waals surface area contributed by atoms with Gasteiger partial charge in [0.05, 0.1) is 20.4 Å². The van der Waals surface area contributed by atoms with E-state index in [2.05, 4.69) is 20.6 Å². The molecular weight excluding hydrogens is 358 g/mol. The van der Waals surface area contributed by atoms with E-state index < -0.39 is 0 Å². The topological polar surface area (TPSA) is 90.4 Å². The standard InChI is InChI=1S/C17H23N3O5S/c1-22-13-8-12(9-14-16(13)25-11-24-14)10-19-20-17(26)18-7-5-3-4-6-15(21)23-2/h8-10H,3-7,11H2,1-2H3,(H2,18,20,26)/b19-10-. The highest BCUT2D eigenvalue weighted by molar-refractivity contribution is 7.80. The number of unbranched alkanes of at least 4 members (excludes halogenated alkanes) is 2. The van der Waals surface area contributed by atoms with Gasteiger partial charge in [-0.25, -0.2) is 0 Å². The first-order valence-corrected chi connectivity index (χ1v) is 8.66. The molecule has 1 aliphatic rings. The molecule has 1 aromatic rings. The molecular formula is C17H23N3O5S. The Morgan fingerprint density at radius 3 is 2.92 bits per heavy atom. The van der Waals surface area contributed by atoms with Crippen LogP contribution in [0, 0.1) is 0 Å². The number of benzene rings is 1. The van der Waals surface area contributed by atoms with E-state index in [1.165, 1.54) is 7.11 Å². The van der Waals surface area contributed by atoms with Crippen LogP contribution in [0.4, 0.5) is 0 Å². The van der Waals surface area contributed by atoms with Crippen molar-refractivity contribution in [2.24, 2.45) is 5.10 Å². The van der Waals surface area contributed by atoms with Crippen LogP contribution in [0.2, 0.25) is 0 Å². The van der Waals surface area contributed by atoms with Gasteiger partial charge in [-0.2, -0.15) is 5.10 Å². The monoisotopic (exact) mass is 381 g/mol. The third kappa shape index (κ3) is 6.07. The van der Waals surface area contributed by atoms with E-state index in [4.69, 9.17) is 26.4 Å². The Bertz CT molecular complexity index is 666. The zero-order chi connectivity index (χ0) is 18.8. The molecule has 8 nitrogen and oxygen atoms in total. The largest absolute Gasteiger partial charge is 0.493 e. The van der Waals surface area contributed by atoms with Crippen LogP contribution in [0.25, 0.3) is 0 Å². The number of carbonyl (C=O) groups excluding carboxylic acids is 1. The van der Waals surface area contributed by atoms with Gasteiger partial charge >= 0.3 is 5.97 Å². The molecule has 2 N–H and O–H groups in total. The van der Waals surface area contributed by atoms with E-state index in [0.29, 0.717) is 35.3 Å². The smallest absolute Gasteiger partial charge is 0.305 e. The number of rotatable bonds is 9. The molecule has 2 rings (SSSR count). The number of ether oxygens (including phenoxy) is 4. The molecule has 0 spiro atoms. The van der Waals surface area contributed by atoms with Gasteiger partial charge < -0.3 is 24.3 Å². The summed E-state index contributed by atoms with van der Waals surface area (Å²) in [5.74, 6) is 1.64. The third-order valence-corrected chi connectivity index (χ3v) is 3.87. The van der Waals surface area contributed by atoms with Crippen LogP contribution in [0.15, 0.2) is 17.2 Å². The molecule has 0 aliphatic carbocycles. The van der Waals surface area contributed by atoms with Crippen LogP contribution >= 0.6 is 12.2 Å². The lowest BCUT2D eigenvalue weighted by Gasteiger charge is -2.07. The molecule has 9 heteroatoms. The van der Waals surface area contributed by atoms with Crippen molar-refractivity contribution in [2.75, 3.05) is 27.6 Å². The average Bonchev–Trinajstić information content (AvgIpc) is 3.12. The zero-order valence-corrected chi connectivity index (χ0v) is 15.7. The Balaban J connectivity index is 1.68. The molecule has 0 aromatic heterocycles. The molecule has 0 radical (unpaired) electrons. The molecule has 1 heterocycles. The molecule has 0 fully saturated rings. The lowest BCUT2D eigenvalue weighted by molar-refractivity contribution is -0.140. The van der Waals surface area contributed by atoms with Gasteiger partial charge in [-0.3, -0.25) is 10.2 Å². The summed E-state index contributed by atoms with van der Waals surface area (Å²) in [5, 5.41) is 7.59. The number of carbonyl (C=O) groups is 1. The molecule has 0 atom stereocenters. The third-order valence-electron chi connectivity index (χ3n) is 3.63.